The number of anilines is 4. The van der Waals surface area contributed by atoms with Gasteiger partial charge in [-0.2, -0.15) is 0 Å². The van der Waals surface area contributed by atoms with Gasteiger partial charge in [0.15, 0.2) is 62.4 Å². The summed E-state index contributed by atoms with van der Waals surface area (Å²) >= 11 is 7.40. The van der Waals surface area contributed by atoms with E-state index in [2.05, 4.69) is 86.4 Å². The molecule has 5 amide bonds. The zero-order valence-electron chi connectivity index (χ0n) is 77.5. The summed E-state index contributed by atoms with van der Waals surface area (Å²) < 4.78 is 100. The molecule has 4 saturated heterocycles. The minimum Gasteiger partial charge on any atom is -0.461 e. The van der Waals surface area contributed by atoms with E-state index >= 15 is 0 Å². The maximum Gasteiger partial charge on any atom is 0.306 e. The Balaban J connectivity index is 0.000000163. The number of nitrogens with two attached hydrogens (primary N) is 1. The van der Waals surface area contributed by atoms with Gasteiger partial charge in [0.1, 0.15) is 84.5 Å². The van der Waals surface area contributed by atoms with Crippen LogP contribution < -0.4 is 32.3 Å². The maximum absolute atomic E-state index is 12.9. The molecule has 42 nitrogen and oxygen atoms in total. The third-order valence-electron chi connectivity index (χ3n) is 20.7. The van der Waals surface area contributed by atoms with Crippen LogP contribution in [0.15, 0.2) is 148 Å². The highest BCUT2D eigenvalue weighted by Gasteiger charge is 2.34. The molecule has 1 unspecified atom stereocenters. The van der Waals surface area contributed by atoms with Gasteiger partial charge >= 0.3 is 11.9 Å². The molecule has 16 rings (SSSR count). The minimum atomic E-state index is -1.36. The highest BCUT2D eigenvalue weighted by Crippen LogP contribution is 2.37. The van der Waals surface area contributed by atoms with Gasteiger partial charge in [-0.1, -0.05) is 48.5 Å². The van der Waals surface area contributed by atoms with Crippen LogP contribution in [-0.2, 0) is 87.1 Å². The van der Waals surface area contributed by atoms with Gasteiger partial charge in [-0.05, 0) is 174 Å². The van der Waals surface area contributed by atoms with Crippen LogP contribution in [0.4, 0.5) is 23.3 Å². The first-order valence-electron chi connectivity index (χ1n) is 45.0. The number of aliphatic hydroxyl groups excluding tert-OH is 3. The zero-order chi connectivity index (χ0) is 98.2. The number of nitrogens with zero attached hydrogens (tertiary/aromatic N) is 16. The van der Waals surface area contributed by atoms with Gasteiger partial charge in [0.2, 0.25) is 11.8 Å². The molecule has 694 valence electrons. The molecule has 0 bridgehead atoms. The van der Waals surface area contributed by atoms with Crippen molar-refractivity contribution in [2.24, 2.45) is 0 Å². The average molecular weight is 1880 g/mol. The van der Waals surface area contributed by atoms with E-state index in [0.29, 0.717) is 121 Å². The molecule has 0 spiro atoms. The van der Waals surface area contributed by atoms with Crippen molar-refractivity contribution in [2.75, 3.05) is 80.6 Å². The SMILES string of the molecule is Nc1ncnc2c1ncn2[C@H]1CC[C@@H](CO)O1.O=C(Cl)c1ccc(CO)cc1.[2H]B([3H])CSOC[C@@H]1CC[C@H](n2cnc3c(NC(=O)c4ccc(CO)cc4)ncnc32)O1.[2H]B([3H])CSOC[C@@H]1CC[C@H](n2cnc3c(NC(=O)c4ccc(COC(=O)CCC(=O)NC)cc4)ncnc32)O1.[2H]C([3H])OC[C@@H]1CC[C@H](n2cnc3c(NC(=O)c4ccc(COC(=O)CCC(=O)NC)cc4)ncnc32)O1. The van der Waals surface area contributed by atoms with Crippen LogP contribution in [0.3, 0.4) is 0 Å². The molecule has 132 heavy (non-hydrogen) atoms. The number of aliphatic hydroxyl groups is 3. The molecule has 0 aliphatic carbocycles. The van der Waals surface area contributed by atoms with Crippen LogP contribution in [-0.4, -0.2) is 244 Å². The van der Waals surface area contributed by atoms with E-state index in [1.165, 1.54) is 39.4 Å². The number of hydrogen-bond acceptors (Lipinski definition) is 35. The Hall–Kier alpha value is -12.4. The summed E-state index contributed by atoms with van der Waals surface area (Å²) in [6, 6.07) is 26.3. The molecule has 4 fully saturated rings. The molecular weight excluding hydrogens is 1770 g/mol. The quantitative estimate of drug-likeness (QED) is 0.00648. The summed E-state index contributed by atoms with van der Waals surface area (Å²) in [5.74, 6) is -1.38. The first kappa shape index (κ1) is 90.1. The highest BCUT2D eigenvalue weighted by molar-refractivity contribution is 7.95. The number of nitrogens with one attached hydrogen (secondary N) is 5. The van der Waals surface area contributed by atoms with Crippen molar-refractivity contribution >= 4 is 166 Å². The summed E-state index contributed by atoms with van der Waals surface area (Å²) in [4.78, 5) is 146. The fourth-order valence-electron chi connectivity index (χ4n) is 13.8. The molecule has 10 N–H and O–H groups in total. The molecule has 9 atom stereocenters. The number of carbonyl (C=O) groups excluding carboxylic acids is 8. The van der Waals surface area contributed by atoms with E-state index in [1.807, 2.05) is 9.13 Å². The molecule has 12 aromatic rings. The normalized spacial score (nSPS) is 18.6. The lowest BCUT2D eigenvalue weighted by atomic mass is 10.1. The number of halogens is 1. The van der Waals surface area contributed by atoms with Crippen molar-refractivity contribution in [3.8, 4) is 0 Å². The van der Waals surface area contributed by atoms with Crippen LogP contribution >= 0.6 is 35.7 Å². The molecule has 4 aromatic carbocycles. The highest BCUT2D eigenvalue weighted by atomic mass is 35.5. The Morgan fingerprint density at radius 2 is 0.803 bits per heavy atom. The number of ether oxygens (including phenoxy) is 7. The van der Waals surface area contributed by atoms with E-state index in [4.69, 9.17) is 82.3 Å². The van der Waals surface area contributed by atoms with Gasteiger partial charge < -0.3 is 89.2 Å². The largest absolute Gasteiger partial charge is 0.461 e. The van der Waals surface area contributed by atoms with E-state index in [9.17, 15) is 38.4 Å². The van der Waals surface area contributed by atoms with Crippen molar-refractivity contribution in [1.29, 1.82) is 5.34 Å². The second-order valence-electron chi connectivity index (χ2n) is 29.4. The Kier molecular flexibility index (Phi) is 33.9. The molecule has 4 aliphatic rings. The first-order valence-corrected chi connectivity index (χ1v) is 43.7. The van der Waals surface area contributed by atoms with Crippen molar-refractivity contribution < 1.29 is 97.9 Å². The summed E-state index contributed by atoms with van der Waals surface area (Å²) in [7, 11) is -0.198. The van der Waals surface area contributed by atoms with Crippen LogP contribution in [0.2, 0.25) is 0 Å². The topological polar surface area (TPSA) is 541 Å². The average Bonchev–Trinajstić information content (AvgIpc) is 1.66. The Bertz CT molecular complexity index is 6080. The monoisotopic (exact) mass is 1880 g/mol. The lowest BCUT2D eigenvalue weighted by Crippen LogP contribution is -2.19. The second-order valence-corrected chi connectivity index (χ2v) is 31.4. The number of rotatable bonds is 36. The van der Waals surface area contributed by atoms with Crippen LogP contribution in [0.25, 0.3) is 44.7 Å². The van der Waals surface area contributed by atoms with Gasteiger partial charge in [0.25, 0.3) is 23.0 Å². The van der Waals surface area contributed by atoms with Gasteiger partial charge in [-0.3, -0.25) is 56.6 Å². The summed E-state index contributed by atoms with van der Waals surface area (Å²) in [5.41, 5.74) is 14.9. The summed E-state index contributed by atoms with van der Waals surface area (Å²) in [6.07, 6.45) is 16.6. The van der Waals surface area contributed by atoms with Gasteiger partial charge in [-0.25, -0.2) is 59.8 Å². The third kappa shape index (κ3) is 27.1. The van der Waals surface area contributed by atoms with Gasteiger partial charge in [0.05, 0.1) is 105 Å². The second kappa shape index (κ2) is 49.7. The molecule has 8 aromatic heterocycles. The number of amides is 5. The van der Waals surface area contributed by atoms with E-state index < -0.39 is 51.6 Å². The molecular formula is C85H99B2ClN22O20S2. The molecule has 4 aliphatic heterocycles. The molecule has 12 heterocycles. The maximum atomic E-state index is 12.9. The number of benzene rings is 4. The summed E-state index contributed by atoms with van der Waals surface area (Å²) in [5, 5.41) is 39.6. The van der Waals surface area contributed by atoms with E-state index in [1.54, 1.807) is 132 Å². The number of esters is 2. The Labute approximate surface area is 779 Å². The predicted molar refractivity (Wildman–Crippen MR) is 489 cm³/mol. The number of aromatic nitrogens is 16. The number of nitrogen functional groups attached to an aromatic ring is 1. The number of imidazole rings is 4. The minimum absolute atomic E-state index is 0.00857. The Morgan fingerprint density at radius 3 is 1.14 bits per heavy atom. The summed E-state index contributed by atoms with van der Waals surface area (Å²) in [6.45, 7) is 0.901. The molecule has 0 saturated carbocycles. The molecule has 0 radical (unpaired) electrons. The standard InChI is InChI=1S/C24H29BN6O6S.C24H28N6O6.C19H22BN5O4S.C10H13N5O2.C8H7ClO2/c1-26-18(32)7-9-20(33)35-10-15-2-4-16(5-3-15)24(34)30-22-21-23(28-13-27-22)31(14-29-21)19-8-6-17(37-19)11-36-38-12-25;1-25-18(31)8-10-20(32)35-11-15-3-5-16(6-4-15)24(33)29-22-21-23(27-13-26-22)30(14-28-21)19-9-7-17(36-19)12-34-2;20-9-30-28-8-14-5-6-15(29-14)25-11-23-16-17(21-10-22-18(16)25)24-19(27)13-3-1-12(7-26)2-4-13;11-9-8-10(13-4-12-9)15(5-14-8)7-2-1-6(3-16)17-7;9-8(11)7-3-1-6(5-10)2-4-7/h2-5,13-14,17,19H,6-12,25H2,1H3,(H,26,32)(H,27,28,30,34);3-6,13-14,17,19H,7-12H2,1-2H3,(H,25,31)(H,26,27,29,33);1-4,10-11,14-15,26H,5-9,20H2,(H,21,22,24,27);4-7,16H,1-3H2,(H2,11,12,13);1-4,10H,5H2/t2*17-,19+;14-,15+;6-,7+;/m0000./s1/i25TD;2TD;20TD;;/tm;2?,17-,19+;m;;. The van der Waals surface area contributed by atoms with Crippen molar-refractivity contribution in [1.82, 2.24) is 88.7 Å². The molecule has 47 heteroatoms. The number of fused-ring (bicyclic) bond motifs is 4. The third-order valence-corrected chi connectivity index (χ3v) is 21.8. The zero-order valence-corrected chi connectivity index (χ0v) is 73.9. The van der Waals surface area contributed by atoms with Crippen LogP contribution in [0, 0.1) is 0 Å². The smallest absolute Gasteiger partial charge is 0.306 e. The van der Waals surface area contributed by atoms with E-state index in [0.717, 1.165) is 73.7 Å². The lowest BCUT2D eigenvalue weighted by molar-refractivity contribution is -0.146. The lowest BCUT2D eigenvalue weighted by Gasteiger charge is -2.15. The van der Waals surface area contributed by atoms with Crippen molar-refractivity contribution in [3.05, 3.63) is 192 Å². The van der Waals surface area contributed by atoms with Crippen LogP contribution in [0.1, 0.15) is 168 Å². The number of methoxy groups -OCH3 is 1. The fraction of sp³-hybridized carbons (Fsp3) is 0.388. The predicted octanol–water partition coefficient (Wildman–Crippen LogP) is 6.69. The van der Waals surface area contributed by atoms with E-state index in [-0.39, 0.29) is 150 Å². The Morgan fingerprint density at radius 1 is 0.470 bits per heavy atom. The van der Waals surface area contributed by atoms with Gasteiger partial charge in [0, 0.05) is 56.3 Å². The van der Waals surface area contributed by atoms with Gasteiger partial charge in [-0.15, -0.1) is 0 Å². The number of carbonyl (C=O) groups is 8. The first-order chi connectivity index (χ1) is 66.7. The fourth-order valence-corrected chi connectivity index (χ4v) is 14.6. The number of hydrogen-bond donors (Lipinski definition) is 9. The van der Waals surface area contributed by atoms with Crippen LogP contribution in [0.5, 0.6) is 0 Å². The van der Waals surface area contributed by atoms with Crippen molar-refractivity contribution in [2.45, 2.75) is 153 Å². The van der Waals surface area contributed by atoms with Crippen molar-refractivity contribution in [3.63, 3.8) is 0 Å².